The first-order valence-electron chi connectivity index (χ1n) is 8.82. The van der Waals surface area contributed by atoms with Crippen molar-refractivity contribution in [2.24, 2.45) is 0 Å². The van der Waals surface area contributed by atoms with Crippen LogP contribution in [0.2, 0.25) is 0 Å². The molecule has 0 saturated carbocycles. The van der Waals surface area contributed by atoms with Gasteiger partial charge >= 0.3 is 0 Å². The molecule has 0 bridgehead atoms. The smallest absolute Gasteiger partial charge is 0.224 e. The molecule has 27 heavy (non-hydrogen) atoms. The Morgan fingerprint density at radius 2 is 2.26 bits per heavy atom. The fourth-order valence-electron chi connectivity index (χ4n) is 3.51. The number of nitrogens with one attached hydrogen (secondary N) is 2. The third kappa shape index (κ3) is 2.77. The fraction of sp³-hybridized carbons (Fsp3) is 0.278. The van der Waals surface area contributed by atoms with E-state index in [2.05, 4.69) is 30.4 Å². The summed E-state index contributed by atoms with van der Waals surface area (Å²) >= 11 is 0. The zero-order valence-electron chi connectivity index (χ0n) is 14.8. The molecule has 1 saturated heterocycles. The molecule has 136 valence electrons. The highest BCUT2D eigenvalue weighted by atomic mass is 16.2. The zero-order valence-corrected chi connectivity index (χ0v) is 14.8. The fourth-order valence-corrected chi connectivity index (χ4v) is 3.51. The van der Waals surface area contributed by atoms with Gasteiger partial charge in [0.2, 0.25) is 11.9 Å². The second-order valence-corrected chi connectivity index (χ2v) is 6.79. The number of pyridine rings is 1. The van der Waals surface area contributed by atoms with Gasteiger partial charge in [-0.1, -0.05) is 0 Å². The first-order valence-corrected chi connectivity index (χ1v) is 8.82. The summed E-state index contributed by atoms with van der Waals surface area (Å²) in [7, 11) is 1.82. The first-order chi connectivity index (χ1) is 13.2. The number of likely N-dealkylation sites (tertiary alicyclic amines) is 1. The number of anilines is 1. The quantitative estimate of drug-likeness (QED) is 0.575. The molecule has 1 atom stereocenters. The van der Waals surface area contributed by atoms with Gasteiger partial charge in [0.15, 0.2) is 5.65 Å². The van der Waals surface area contributed by atoms with Crippen LogP contribution in [0.3, 0.4) is 0 Å². The Bertz CT molecular complexity index is 1150. The summed E-state index contributed by atoms with van der Waals surface area (Å²) in [6.07, 6.45) is 8.51. The van der Waals surface area contributed by atoms with Gasteiger partial charge in [-0.3, -0.25) is 4.79 Å². The SMILES string of the molecule is CN1C[C@@H](Nc2ncc3c(-c4ccn5ncnc5c4)c[nH]c3n2)CCC1=O. The van der Waals surface area contributed by atoms with E-state index in [1.165, 1.54) is 6.33 Å². The van der Waals surface area contributed by atoms with Gasteiger partial charge in [0, 0.05) is 55.6 Å². The molecule has 9 heteroatoms. The van der Waals surface area contributed by atoms with Gasteiger partial charge < -0.3 is 15.2 Å². The van der Waals surface area contributed by atoms with Crippen molar-refractivity contribution in [2.75, 3.05) is 18.9 Å². The van der Waals surface area contributed by atoms with Gasteiger partial charge in [0.25, 0.3) is 0 Å². The lowest BCUT2D eigenvalue weighted by atomic mass is 10.1. The highest BCUT2D eigenvalue weighted by molar-refractivity contribution is 5.93. The maximum Gasteiger partial charge on any atom is 0.224 e. The molecule has 1 amide bonds. The Hall–Kier alpha value is -3.49. The van der Waals surface area contributed by atoms with Crippen molar-refractivity contribution in [3.8, 4) is 11.1 Å². The Kier molecular flexibility index (Phi) is 3.52. The molecule has 9 nitrogen and oxygen atoms in total. The standard InChI is InChI=1S/C18H18N8O/c1-25-9-12(2-3-16(25)27)23-18-20-8-14-13(7-19-17(14)24-18)11-4-5-26-15(6-11)21-10-22-26/h4-8,10,12H,2-3,9H2,1H3,(H2,19,20,23,24)/t12-/m0/s1. The summed E-state index contributed by atoms with van der Waals surface area (Å²) in [4.78, 5) is 29.9. The predicted octanol–water partition coefficient (Wildman–Crippen LogP) is 1.70. The molecule has 1 fully saturated rings. The molecule has 0 spiro atoms. The molecule has 4 aromatic heterocycles. The van der Waals surface area contributed by atoms with Crippen molar-refractivity contribution in [2.45, 2.75) is 18.9 Å². The number of aromatic amines is 1. The minimum Gasteiger partial charge on any atom is -0.350 e. The number of likely N-dealkylation sites (N-methyl/N-ethyl adjacent to an activating group) is 1. The second kappa shape index (κ2) is 6.04. The summed E-state index contributed by atoms with van der Waals surface area (Å²) in [5.74, 6) is 0.750. The molecule has 5 rings (SSSR count). The van der Waals surface area contributed by atoms with Crippen molar-refractivity contribution < 1.29 is 4.79 Å². The molecule has 0 aromatic carbocycles. The van der Waals surface area contributed by atoms with E-state index in [1.807, 2.05) is 37.8 Å². The maximum absolute atomic E-state index is 11.6. The molecule has 4 aromatic rings. The first kappa shape index (κ1) is 15.7. The van der Waals surface area contributed by atoms with Gasteiger partial charge in [0.1, 0.15) is 12.0 Å². The number of rotatable bonds is 3. The topological polar surface area (TPSA) is 104 Å². The monoisotopic (exact) mass is 362 g/mol. The number of amides is 1. The minimum absolute atomic E-state index is 0.162. The second-order valence-electron chi connectivity index (χ2n) is 6.79. The third-order valence-corrected chi connectivity index (χ3v) is 4.98. The lowest BCUT2D eigenvalue weighted by Gasteiger charge is -2.30. The van der Waals surface area contributed by atoms with Crippen LogP contribution in [0.15, 0.2) is 37.1 Å². The van der Waals surface area contributed by atoms with E-state index in [9.17, 15) is 4.79 Å². The number of fused-ring (bicyclic) bond motifs is 2. The van der Waals surface area contributed by atoms with Crippen LogP contribution in [0.5, 0.6) is 0 Å². The highest BCUT2D eigenvalue weighted by Crippen LogP contribution is 2.28. The molecule has 1 aliphatic heterocycles. The van der Waals surface area contributed by atoms with Gasteiger partial charge in [-0.15, -0.1) is 0 Å². The summed E-state index contributed by atoms with van der Waals surface area (Å²) in [6.45, 7) is 0.661. The maximum atomic E-state index is 11.6. The van der Waals surface area contributed by atoms with Gasteiger partial charge in [-0.2, -0.15) is 10.1 Å². The number of carbonyl (C=O) groups excluding carboxylic acids is 1. The van der Waals surface area contributed by atoms with Gasteiger partial charge in [-0.25, -0.2) is 14.5 Å². The van der Waals surface area contributed by atoms with Gasteiger partial charge in [-0.05, 0) is 24.1 Å². The highest BCUT2D eigenvalue weighted by Gasteiger charge is 2.23. The normalized spacial score (nSPS) is 17.7. The van der Waals surface area contributed by atoms with Crippen molar-refractivity contribution in [3.05, 3.63) is 37.1 Å². The van der Waals surface area contributed by atoms with Crippen LogP contribution in [0.1, 0.15) is 12.8 Å². The summed E-state index contributed by atoms with van der Waals surface area (Å²) < 4.78 is 1.73. The van der Waals surface area contributed by atoms with Crippen LogP contribution >= 0.6 is 0 Å². The van der Waals surface area contributed by atoms with Crippen LogP contribution in [0.4, 0.5) is 5.95 Å². The van der Waals surface area contributed by atoms with Crippen LogP contribution in [0.25, 0.3) is 27.8 Å². The lowest BCUT2D eigenvalue weighted by molar-refractivity contribution is -0.132. The molecule has 5 heterocycles. The van der Waals surface area contributed by atoms with Crippen molar-refractivity contribution in [1.29, 1.82) is 0 Å². The van der Waals surface area contributed by atoms with Crippen molar-refractivity contribution >= 4 is 28.5 Å². The zero-order chi connectivity index (χ0) is 18.4. The van der Waals surface area contributed by atoms with E-state index in [4.69, 9.17) is 0 Å². The van der Waals surface area contributed by atoms with E-state index in [0.717, 1.165) is 34.2 Å². The summed E-state index contributed by atoms with van der Waals surface area (Å²) in [6, 6.07) is 4.14. The number of hydrogen-bond donors (Lipinski definition) is 2. The number of piperidine rings is 1. The minimum atomic E-state index is 0.162. The van der Waals surface area contributed by atoms with Crippen LogP contribution in [-0.2, 0) is 4.79 Å². The number of carbonyl (C=O) groups is 1. The molecular formula is C18H18N8O. The number of aromatic nitrogens is 6. The number of H-pyrrole nitrogens is 1. The largest absolute Gasteiger partial charge is 0.350 e. The van der Waals surface area contributed by atoms with E-state index < -0.39 is 0 Å². The molecule has 0 radical (unpaired) electrons. The predicted molar refractivity (Wildman–Crippen MR) is 100 cm³/mol. The van der Waals surface area contributed by atoms with E-state index in [1.54, 1.807) is 9.42 Å². The summed E-state index contributed by atoms with van der Waals surface area (Å²) in [5, 5.41) is 8.40. The molecule has 0 aliphatic carbocycles. The van der Waals surface area contributed by atoms with E-state index in [-0.39, 0.29) is 11.9 Å². The molecular weight excluding hydrogens is 344 g/mol. The Labute approximate surface area is 154 Å². The Balaban J connectivity index is 1.43. The van der Waals surface area contributed by atoms with Crippen molar-refractivity contribution in [1.82, 2.24) is 34.4 Å². The molecule has 0 unspecified atom stereocenters. The van der Waals surface area contributed by atoms with E-state index >= 15 is 0 Å². The van der Waals surface area contributed by atoms with Crippen molar-refractivity contribution in [3.63, 3.8) is 0 Å². The van der Waals surface area contributed by atoms with Crippen LogP contribution < -0.4 is 5.32 Å². The third-order valence-electron chi connectivity index (χ3n) is 4.98. The average molecular weight is 362 g/mol. The Morgan fingerprint density at radius 1 is 1.33 bits per heavy atom. The van der Waals surface area contributed by atoms with Crippen LogP contribution in [-0.4, -0.2) is 60.0 Å². The Morgan fingerprint density at radius 3 is 3.15 bits per heavy atom. The molecule has 1 aliphatic rings. The van der Waals surface area contributed by atoms with E-state index in [0.29, 0.717) is 18.9 Å². The van der Waals surface area contributed by atoms with Crippen LogP contribution in [0, 0.1) is 0 Å². The average Bonchev–Trinajstić information content (AvgIpc) is 3.30. The molecule has 2 N–H and O–H groups in total. The van der Waals surface area contributed by atoms with Gasteiger partial charge in [0.05, 0.1) is 0 Å². The lowest BCUT2D eigenvalue weighted by Crippen LogP contribution is -2.43. The number of nitrogens with zero attached hydrogens (tertiary/aromatic N) is 6. The summed E-state index contributed by atoms with van der Waals surface area (Å²) in [5.41, 5.74) is 3.60. The number of hydrogen-bond acceptors (Lipinski definition) is 6.